The van der Waals surface area contributed by atoms with E-state index >= 15 is 0 Å². The van der Waals surface area contributed by atoms with E-state index in [1.54, 1.807) is 0 Å². The summed E-state index contributed by atoms with van der Waals surface area (Å²) >= 11 is 2.00. The molecule has 1 amide bonds. The molecule has 24 heavy (non-hydrogen) atoms. The van der Waals surface area contributed by atoms with E-state index in [1.165, 1.54) is 11.3 Å². The molecular formula is C19H15N3OS. The molecule has 0 N–H and O–H groups in total. The number of aliphatic imine (C=N–C) groups is 1. The van der Waals surface area contributed by atoms with Crippen molar-refractivity contribution >= 4 is 23.4 Å². The second-order valence-electron chi connectivity index (χ2n) is 6.45. The maximum atomic E-state index is 12.0. The van der Waals surface area contributed by atoms with Crippen LogP contribution < -0.4 is 0 Å². The van der Waals surface area contributed by atoms with Gasteiger partial charge in [-0.3, -0.25) is 4.79 Å². The third-order valence-corrected chi connectivity index (χ3v) is 6.29. The van der Waals surface area contributed by atoms with Crippen LogP contribution in [-0.2, 0) is 4.79 Å². The topological polar surface area (TPSA) is 56.5 Å². The van der Waals surface area contributed by atoms with Gasteiger partial charge in [0.15, 0.2) is 0 Å². The minimum atomic E-state index is -0.380. The number of rotatable bonds is 1. The molecule has 0 spiro atoms. The Hall–Kier alpha value is -2.32. The second-order valence-corrected chi connectivity index (χ2v) is 7.67. The van der Waals surface area contributed by atoms with E-state index in [-0.39, 0.29) is 23.3 Å². The van der Waals surface area contributed by atoms with Gasteiger partial charge in [-0.2, -0.15) is 17.0 Å². The van der Waals surface area contributed by atoms with Gasteiger partial charge in [0.05, 0.1) is 5.71 Å². The van der Waals surface area contributed by atoms with Gasteiger partial charge < -0.3 is 4.90 Å². The summed E-state index contributed by atoms with van der Waals surface area (Å²) in [5.41, 5.74) is 5.49. The first-order valence-corrected chi connectivity index (χ1v) is 9.36. The fraction of sp³-hybridized carbons (Fsp3) is 0.316. The number of thioether (sulfide) groups is 1. The van der Waals surface area contributed by atoms with Gasteiger partial charge in [-0.25, -0.2) is 4.99 Å². The first kappa shape index (κ1) is 14.1. The molecule has 2 aliphatic heterocycles. The van der Waals surface area contributed by atoms with Gasteiger partial charge in [0, 0.05) is 47.7 Å². The monoisotopic (exact) mass is 333 g/mol. The van der Waals surface area contributed by atoms with Crippen molar-refractivity contribution in [2.75, 3.05) is 24.6 Å². The Labute approximate surface area is 144 Å². The van der Waals surface area contributed by atoms with Gasteiger partial charge in [-0.15, -0.1) is 0 Å². The quantitative estimate of drug-likeness (QED) is 0.739. The molecule has 1 saturated carbocycles. The molecule has 2 fully saturated rings. The molecule has 0 bridgehead atoms. The maximum absolute atomic E-state index is 12.0. The minimum absolute atomic E-state index is 0.0870. The van der Waals surface area contributed by atoms with Crippen molar-refractivity contribution in [1.29, 1.82) is 5.26 Å². The zero-order valence-electron chi connectivity index (χ0n) is 13.0. The minimum Gasteiger partial charge on any atom is -0.370 e. The van der Waals surface area contributed by atoms with Crippen molar-refractivity contribution in [2.24, 2.45) is 16.8 Å². The second kappa shape index (κ2) is 5.09. The van der Waals surface area contributed by atoms with Crippen molar-refractivity contribution in [3.05, 3.63) is 58.4 Å². The number of hydrogen-bond acceptors (Lipinski definition) is 4. The zero-order valence-corrected chi connectivity index (χ0v) is 13.8. The van der Waals surface area contributed by atoms with Crippen LogP contribution in [0.4, 0.5) is 0 Å². The number of nitrogens with zero attached hydrogens (tertiary/aromatic N) is 3. The van der Waals surface area contributed by atoms with Crippen molar-refractivity contribution < 1.29 is 4.79 Å². The largest absolute Gasteiger partial charge is 0.370 e. The van der Waals surface area contributed by atoms with Crippen LogP contribution in [0, 0.1) is 23.2 Å². The molecule has 3 aliphatic carbocycles. The molecule has 5 rings (SSSR count). The summed E-state index contributed by atoms with van der Waals surface area (Å²) < 4.78 is 0. The molecule has 2 unspecified atom stereocenters. The Bertz CT molecular complexity index is 888. The highest BCUT2D eigenvalue weighted by Crippen LogP contribution is 2.52. The van der Waals surface area contributed by atoms with Crippen LogP contribution >= 0.6 is 11.8 Å². The van der Waals surface area contributed by atoms with E-state index in [1.807, 2.05) is 11.8 Å². The summed E-state index contributed by atoms with van der Waals surface area (Å²) in [6.07, 6.45) is 10.7. The number of allylic oxidation sites excluding steroid dienone is 8. The summed E-state index contributed by atoms with van der Waals surface area (Å²) in [6.45, 7) is 2.15. The molecule has 5 heteroatoms. The van der Waals surface area contributed by atoms with Crippen LogP contribution in [0.5, 0.6) is 0 Å². The van der Waals surface area contributed by atoms with Crippen LogP contribution in [0.3, 0.4) is 0 Å². The highest BCUT2D eigenvalue weighted by atomic mass is 32.2. The summed E-state index contributed by atoms with van der Waals surface area (Å²) in [6, 6.07) is 2.07. The van der Waals surface area contributed by atoms with E-state index < -0.39 is 0 Å². The molecule has 5 aliphatic rings. The predicted molar refractivity (Wildman–Crippen MR) is 94.3 cm³/mol. The number of hydrogen-bond donors (Lipinski definition) is 0. The fourth-order valence-corrected chi connectivity index (χ4v) is 5.24. The van der Waals surface area contributed by atoms with Crippen LogP contribution in [0.2, 0.25) is 0 Å². The molecule has 0 aromatic rings. The molecule has 2 atom stereocenters. The lowest BCUT2D eigenvalue weighted by molar-refractivity contribution is -0.113. The van der Waals surface area contributed by atoms with Crippen molar-refractivity contribution in [3.63, 3.8) is 0 Å². The normalized spacial score (nSPS) is 30.3. The highest BCUT2D eigenvalue weighted by molar-refractivity contribution is 7.99. The van der Waals surface area contributed by atoms with Crippen LogP contribution in [0.25, 0.3) is 0 Å². The lowest BCUT2D eigenvalue weighted by Crippen LogP contribution is -2.35. The lowest BCUT2D eigenvalue weighted by Gasteiger charge is -2.37. The van der Waals surface area contributed by atoms with E-state index in [0.29, 0.717) is 0 Å². The maximum Gasteiger partial charge on any atom is 0.288 e. The SMILES string of the molecule is N#CC1=C2C3=CC=C(N4CCSCC4)C4=CC=CC(C2=NC1=O)C43. The van der Waals surface area contributed by atoms with Gasteiger partial charge in [-0.1, -0.05) is 24.3 Å². The van der Waals surface area contributed by atoms with E-state index in [0.717, 1.165) is 41.5 Å². The van der Waals surface area contributed by atoms with Crippen molar-refractivity contribution in [1.82, 2.24) is 4.90 Å². The summed E-state index contributed by atoms with van der Waals surface area (Å²) in [4.78, 5) is 18.7. The van der Waals surface area contributed by atoms with Crippen LogP contribution in [-0.4, -0.2) is 41.1 Å². The number of fused-ring (bicyclic) bond motifs is 3. The molecule has 0 aromatic carbocycles. The summed E-state index contributed by atoms with van der Waals surface area (Å²) in [7, 11) is 0. The first-order valence-electron chi connectivity index (χ1n) is 8.21. The van der Waals surface area contributed by atoms with Crippen LogP contribution in [0.1, 0.15) is 0 Å². The number of carbonyl (C=O) groups excluding carboxylic acids is 1. The lowest BCUT2D eigenvalue weighted by atomic mass is 9.77. The Morgan fingerprint density at radius 2 is 2.04 bits per heavy atom. The smallest absolute Gasteiger partial charge is 0.288 e. The van der Waals surface area contributed by atoms with Gasteiger partial charge in [0.2, 0.25) is 0 Å². The van der Waals surface area contributed by atoms with Gasteiger partial charge in [0.25, 0.3) is 5.91 Å². The average molecular weight is 333 g/mol. The molecular weight excluding hydrogens is 318 g/mol. The Morgan fingerprint density at radius 3 is 2.83 bits per heavy atom. The third-order valence-electron chi connectivity index (χ3n) is 5.35. The first-order chi connectivity index (χ1) is 11.8. The van der Waals surface area contributed by atoms with E-state index in [9.17, 15) is 10.1 Å². The highest BCUT2D eigenvalue weighted by Gasteiger charge is 2.49. The van der Waals surface area contributed by atoms with Gasteiger partial charge in [-0.05, 0) is 17.2 Å². The number of nitriles is 1. The van der Waals surface area contributed by atoms with Crippen molar-refractivity contribution in [2.45, 2.75) is 0 Å². The zero-order chi connectivity index (χ0) is 16.3. The standard InChI is InChI=1S/C19H15N3OS/c20-10-14-17-12-4-5-15(22-6-8-24-9-7-22)11-2-1-3-13(16(11)12)18(17)21-19(14)23/h1-5,13,16H,6-9H2. The summed E-state index contributed by atoms with van der Waals surface area (Å²) in [5.74, 6) is 2.24. The van der Waals surface area contributed by atoms with Gasteiger partial charge in [0.1, 0.15) is 11.6 Å². The molecule has 2 heterocycles. The third kappa shape index (κ3) is 1.75. The average Bonchev–Trinajstić information content (AvgIpc) is 3.11. The number of carbonyl (C=O) groups is 1. The summed E-state index contributed by atoms with van der Waals surface area (Å²) in [5, 5.41) is 9.38. The molecule has 118 valence electrons. The Morgan fingerprint density at radius 1 is 1.21 bits per heavy atom. The molecule has 4 nitrogen and oxygen atoms in total. The predicted octanol–water partition coefficient (Wildman–Crippen LogP) is 2.40. The van der Waals surface area contributed by atoms with Crippen LogP contribution in [0.15, 0.2) is 63.4 Å². The number of amides is 1. The molecule has 0 aromatic heterocycles. The molecule has 1 saturated heterocycles. The van der Waals surface area contributed by atoms with Crippen molar-refractivity contribution in [3.8, 4) is 6.07 Å². The molecule has 0 radical (unpaired) electrons. The van der Waals surface area contributed by atoms with E-state index in [4.69, 9.17) is 0 Å². The van der Waals surface area contributed by atoms with E-state index in [2.05, 4.69) is 46.3 Å². The van der Waals surface area contributed by atoms with Gasteiger partial charge >= 0.3 is 0 Å². The Balaban J connectivity index is 1.66. The fourth-order valence-electron chi connectivity index (χ4n) is 4.33. The Kier molecular flexibility index (Phi) is 2.98.